The number of aliphatic hydroxyl groups excluding tert-OH is 1. The highest BCUT2D eigenvalue weighted by Gasteiger charge is 2.16. The molecule has 1 atom stereocenters. The van der Waals surface area contributed by atoms with Gasteiger partial charge in [-0.15, -0.1) is 0 Å². The summed E-state index contributed by atoms with van der Waals surface area (Å²) in [7, 11) is 0. The molecule has 1 nitrogen and oxygen atoms in total. The van der Waals surface area contributed by atoms with Crippen molar-refractivity contribution >= 4 is 15.9 Å². The quantitative estimate of drug-likeness (QED) is 0.896. The zero-order chi connectivity index (χ0) is 14.0. The number of halogens is 4. The van der Waals surface area contributed by atoms with Gasteiger partial charge in [-0.05, 0) is 45.8 Å². The van der Waals surface area contributed by atoms with Gasteiger partial charge in [-0.3, -0.25) is 0 Å². The van der Waals surface area contributed by atoms with Crippen LogP contribution in [0.5, 0.6) is 0 Å². The average Bonchev–Trinajstić information content (AvgIpc) is 2.37. The maximum atomic E-state index is 13.4. The molecule has 2 aromatic rings. The third-order valence-corrected chi connectivity index (χ3v) is 3.40. The van der Waals surface area contributed by atoms with Gasteiger partial charge in [0, 0.05) is 12.0 Å². The Morgan fingerprint density at radius 2 is 1.63 bits per heavy atom. The Morgan fingerprint density at radius 1 is 1.00 bits per heavy atom. The van der Waals surface area contributed by atoms with E-state index >= 15 is 0 Å². The molecular formula is C14H10BrF3O. The van der Waals surface area contributed by atoms with Crippen LogP contribution in [0.1, 0.15) is 17.2 Å². The number of hydrogen-bond donors (Lipinski definition) is 1. The van der Waals surface area contributed by atoms with E-state index in [-0.39, 0.29) is 16.5 Å². The standard InChI is InChI=1S/C14H10BrF3O/c15-10-6-8(4-5-13(10)18)14(19)7-9-11(16)2-1-3-12(9)17/h1-6,14,19H,7H2. The van der Waals surface area contributed by atoms with Gasteiger partial charge in [0.25, 0.3) is 0 Å². The lowest BCUT2D eigenvalue weighted by molar-refractivity contribution is 0.175. The summed E-state index contributed by atoms with van der Waals surface area (Å²) >= 11 is 2.99. The summed E-state index contributed by atoms with van der Waals surface area (Å²) in [6, 6.07) is 7.47. The SMILES string of the molecule is OC(Cc1c(F)cccc1F)c1ccc(F)c(Br)c1. The van der Waals surface area contributed by atoms with Crippen LogP contribution < -0.4 is 0 Å². The van der Waals surface area contributed by atoms with E-state index < -0.39 is 23.6 Å². The molecule has 0 radical (unpaired) electrons. The van der Waals surface area contributed by atoms with Crippen LogP contribution >= 0.6 is 15.9 Å². The van der Waals surface area contributed by atoms with Gasteiger partial charge in [-0.2, -0.15) is 0 Å². The molecule has 0 saturated heterocycles. The van der Waals surface area contributed by atoms with Gasteiger partial charge in [0.15, 0.2) is 0 Å². The van der Waals surface area contributed by atoms with Gasteiger partial charge >= 0.3 is 0 Å². The van der Waals surface area contributed by atoms with Crippen molar-refractivity contribution < 1.29 is 18.3 Å². The van der Waals surface area contributed by atoms with Crippen molar-refractivity contribution in [2.45, 2.75) is 12.5 Å². The second-order valence-corrected chi connectivity index (χ2v) is 4.95. The van der Waals surface area contributed by atoms with Crippen molar-refractivity contribution in [3.63, 3.8) is 0 Å². The molecule has 100 valence electrons. The molecule has 5 heteroatoms. The lowest BCUT2D eigenvalue weighted by atomic mass is 10.0. The van der Waals surface area contributed by atoms with E-state index in [1.54, 1.807) is 0 Å². The Hall–Kier alpha value is -1.33. The van der Waals surface area contributed by atoms with E-state index in [0.29, 0.717) is 5.56 Å². The van der Waals surface area contributed by atoms with Gasteiger partial charge in [0.05, 0.1) is 10.6 Å². The number of hydrogen-bond acceptors (Lipinski definition) is 1. The molecule has 19 heavy (non-hydrogen) atoms. The van der Waals surface area contributed by atoms with Gasteiger partial charge in [0.2, 0.25) is 0 Å². The highest BCUT2D eigenvalue weighted by Crippen LogP contribution is 2.25. The normalized spacial score (nSPS) is 12.5. The molecule has 0 spiro atoms. The van der Waals surface area contributed by atoms with Crippen LogP contribution in [0.25, 0.3) is 0 Å². The summed E-state index contributed by atoms with van der Waals surface area (Å²) < 4.78 is 40.2. The lowest BCUT2D eigenvalue weighted by Crippen LogP contribution is -2.06. The van der Waals surface area contributed by atoms with Crippen molar-refractivity contribution in [3.05, 3.63) is 69.4 Å². The number of benzene rings is 2. The minimum absolute atomic E-state index is 0.185. The predicted molar refractivity (Wildman–Crippen MR) is 69.1 cm³/mol. The summed E-state index contributed by atoms with van der Waals surface area (Å²) in [6.07, 6.45) is -1.32. The van der Waals surface area contributed by atoms with Crippen molar-refractivity contribution in [1.82, 2.24) is 0 Å². The van der Waals surface area contributed by atoms with Gasteiger partial charge < -0.3 is 5.11 Å². The minimum Gasteiger partial charge on any atom is -0.388 e. The van der Waals surface area contributed by atoms with E-state index in [2.05, 4.69) is 15.9 Å². The fourth-order valence-corrected chi connectivity index (χ4v) is 2.15. The second-order valence-electron chi connectivity index (χ2n) is 4.09. The maximum absolute atomic E-state index is 13.4. The number of rotatable bonds is 3. The summed E-state index contributed by atoms with van der Waals surface area (Å²) in [5, 5.41) is 9.96. The van der Waals surface area contributed by atoms with Crippen LogP contribution in [0.2, 0.25) is 0 Å². The van der Waals surface area contributed by atoms with E-state index in [9.17, 15) is 18.3 Å². The summed E-state index contributed by atoms with van der Waals surface area (Å²) in [6.45, 7) is 0. The first-order valence-corrected chi connectivity index (χ1v) is 6.34. The van der Waals surface area contributed by atoms with Crippen molar-refractivity contribution in [2.24, 2.45) is 0 Å². The zero-order valence-electron chi connectivity index (χ0n) is 9.71. The molecule has 0 heterocycles. The van der Waals surface area contributed by atoms with Gasteiger partial charge in [-0.25, -0.2) is 13.2 Å². The monoisotopic (exact) mass is 330 g/mol. The van der Waals surface area contributed by atoms with Crippen LogP contribution in [0.3, 0.4) is 0 Å². The summed E-state index contributed by atoms with van der Waals surface area (Å²) in [5.41, 5.74) is 0.200. The Labute approximate surface area is 116 Å². The highest BCUT2D eigenvalue weighted by atomic mass is 79.9. The van der Waals surface area contributed by atoms with E-state index in [0.717, 1.165) is 12.1 Å². The molecule has 0 aliphatic rings. The third kappa shape index (κ3) is 3.16. The third-order valence-electron chi connectivity index (χ3n) is 2.79. The van der Waals surface area contributed by atoms with Crippen molar-refractivity contribution in [3.8, 4) is 0 Å². The van der Waals surface area contributed by atoms with Gasteiger partial charge in [-0.1, -0.05) is 12.1 Å². The molecule has 0 fully saturated rings. The Morgan fingerprint density at radius 3 is 2.21 bits per heavy atom. The Bertz CT molecular complexity index is 581. The van der Waals surface area contributed by atoms with Crippen LogP contribution in [-0.2, 0) is 6.42 Å². The van der Waals surface area contributed by atoms with Crippen LogP contribution in [-0.4, -0.2) is 5.11 Å². The lowest BCUT2D eigenvalue weighted by Gasteiger charge is -2.13. The maximum Gasteiger partial charge on any atom is 0.137 e. The van der Waals surface area contributed by atoms with E-state index in [4.69, 9.17) is 0 Å². The smallest absolute Gasteiger partial charge is 0.137 e. The summed E-state index contributed by atoms with van der Waals surface area (Å²) in [4.78, 5) is 0. The Kier molecular flexibility index (Phi) is 4.27. The molecule has 2 rings (SSSR count). The molecule has 0 amide bonds. The molecule has 0 aromatic heterocycles. The molecule has 2 aromatic carbocycles. The van der Waals surface area contributed by atoms with Crippen molar-refractivity contribution in [1.29, 1.82) is 0 Å². The second kappa shape index (κ2) is 5.75. The first-order chi connectivity index (χ1) is 8.99. The Balaban J connectivity index is 2.25. The largest absolute Gasteiger partial charge is 0.388 e. The molecule has 0 saturated carbocycles. The molecule has 1 unspecified atom stereocenters. The first-order valence-electron chi connectivity index (χ1n) is 5.55. The highest BCUT2D eigenvalue weighted by molar-refractivity contribution is 9.10. The van der Waals surface area contributed by atoms with Crippen LogP contribution in [0.15, 0.2) is 40.9 Å². The summed E-state index contributed by atoms with van der Waals surface area (Å²) in [5.74, 6) is -1.88. The van der Waals surface area contributed by atoms with Crippen molar-refractivity contribution in [2.75, 3.05) is 0 Å². The molecule has 0 aliphatic carbocycles. The van der Waals surface area contributed by atoms with E-state index in [1.165, 1.54) is 24.3 Å². The van der Waals surface area contributed by atoms with Gasteiger partial charge in [0.1, 0.15) is 17.5 Å². The molecule has 0 bridgehead atoms. The van der Waals surface area contributed by atoms with Crippen LogP contribution in [0, 0.1) is 17.5 Å². The number of aliphatic hydroxyl groups is 1. The first kappa shape index (κ1) is 14.1. The average molecular weight is 331 g/mol. The fraction of sp³-hybridized carbons (Fsp3) is 0.143. The van der Waals surface area contributed by atoms with E-state index in [1.807, 2.05) is 0 Å². The fourth-order valence-electron chi connectivity index (χ4n) is 1.76. The molecular weight excluding hydrogens is 321 g/mol. The molecule has 1 N–H and O–H groups in total. The van der Waals surface area contributed by atoms with Crippen LogP contribution in [0.4, 0.5) is 13.2 Å². The minimum atomic E-state index is -1.11. The predicted octanol–water partition coefficient (Wildman–Crippen LogP) is 4.14. The molecule has 0 aliphatic heterocycles. The topological polar surface area (TPSA) is 20.2 Å². The zero-order valence-corrected chi connectivity index (χ0v) is 11.3.